The van der Waals surface area contributed by atoms with Gasteiger partial charge in [-0.25, -0.2) is 0 Å². The number of guanidine groups is 1. The molecule has 5 nitrogen and oxygen atoms in total. The molecule has 2 N–H and O–H groups in total. The van der Waals surface area contributed by atoms with Gasteiger partial charge in [-0.2, -0.15) is 0 Å². The molecule has 2 saturated heterocycles. The predicted octanol–water partition coefficient (Wildman–Crippen LogP) is 3.35. The summed E-state index contributed by atoms with van der Waals surface area (Å²) in [5, 5.41) is 7.17. The second-order valence-corrected chi connectivity index (χ2v) is 8.27. The predicted molar refractivity (Wildman–Crippen MR) is 126 cm³/mol. The van der Waals surface area contributed by atoms with E-state index in [-0.39, 0.29) is 24.0 Å². The van der Waals surface area contributed by atoms with Gasteiger partial charge < -0.3 is 20.3 Å². The third-order valence-electron chi connectivity index (χ3n) is 6.45. The molecule has 0 saturated carbocycles. The van der Waals surface area contributed by atoms with Crippen molar-refractivity contribution < 1.29 is 4.74 Å². The number of nitrogens with zero attached hydrogens (tertiary/aromatic N) is 2. The van der Waals surface area contributed by atoms with Gasteiger partial charge in [0.1, 0.15) is 5.75 Å². The van der Waals surface area contributed by atoms with Crippen LogP contribution in [0.2, 0.25) is 0 Å². The molecule has 28 heavy (non-hydrogen) atoms. The molecule has 3 aliphatic rings. The molecule has 156 valence electrons. The third kappa shape index (κ3) is 5.12. The van der Waals surface area contributed by atoms with E-state index in [0.29, 0.717) is 6.04 Å². The summed E-state index contributed by atoms with van der Waals surface area (Å²) in [5.74, 6) is 2.04. The number of fused-ring (bicyclic) bond motifs is 3. The van der Waals surface area contributed by atoms with Crippen LogP contribution in [0.4, 0.5) is 0 Å². The van der Waals surface area contributed by atoms with Crippen molar-refractivity contribution in [3.63, 3.8) is 0 Å². The zero-order valence-electron chi connectivity index (χ0n) is 17.2. The first-order valence-corrected chi connectivity index (χ1v) is 10.7. The maximum Gasteiger partial charge on any atom is 0.191 e. The lowest BCUT2D eigenvalue weighted by Crippen LogP contribution is -2.56. The molecule has 0 spiro atoms. The summed E-state index contributed by atoms with van der Waals surface area (Å²) in [7, 11) is 2.31. The molecule has 0 amide bonds. The summed E-state index contributed by atoms with van der Waals surface area (Å²) < 4.78 is 5.60. The van der Waals surface area contributed by atoms with Crippen LogP contribution in [0, 0.1) is 0 Å². The maximum atomic E-state index is 5.60. The van der Waals surface area contributed by atoms with Crippen LogP contribution in [0.25, 0.3) is 0 Å². The average Bonchev–Trinajstić information content (AvgIpc) is 3.10. The monoisotopic (exact) mass is 498 g/mol. The Labute approximate surface area is 186 Å². The first-order valence-electron chi connectivity index (χ1n) is 10.7. The Balaban J connectivity index is 0.00000225. The van der Waals surface area contributed by atoms with E-state index < -0.39 is 0 Å². The fraction of sp³-hybridized carbons (Fsp3) is 0.682. The number of nitrogens with one attached hydrogen (secondary N) is 2. The molecule has 2 unspecified atom stereocenters. The Hall–Kier alpha value is -1.02. The number of hydrogen-bond acceptors (Lipinski definition) is 3. The van der Waals surface area contributed by atoms with Gasteiger partial charge in [-0.3, -0.25) is 4.99 Å². The van der Waals surface area contributed by atoms with Gasteiger partial charge in [0.25, 0.3) is 0 Å². The van der Waals surface area contributed by atoms with Gasteiger partial charge in [-0.05, 0) is 63.3 Å². The Morgan fingerprint density at radius 2 is 2.04 bits per heavy atom. The van der Waals surface area contributed by atoms with Crippen LogP contribution in [0.5, 0.6) is 5.75 Å². The molecular formula is C22H35IN4O. The number of ether oxygens (including phenoxy) is 1. The maximum absolute atomic E-state index is 5.60. The molecule has 2 bridgehead atoms. The molecular weight excluding hydrogens is 463 g/mol. The topological polar surface area (TPSA) is 48.9 Å². The van der Waals surface area contributed by atoms with Crippen LogP contribution in [-0.4, -0.2) is 55.7 Å². The number of rotatable bonds is 5. The molecule has 3 heterocycles. The summed E-state index contributed by atoms with van der Waals surface area (Å²) in [6.45, 7) is 4.68. The highest BCUT2D eigenvalue weighted by Crippen LogP contribution is 2.32. The van der Waals surface area contributed by atoms with E-state index in [9.17, 15) is 0 Å². The first kappa shape index (κ1) is 21.7. The number of hydrogen-bond donors (Lipinski definition) is 2. The van der Waals surface area contributed by atoms with Crippen LogP contribution in [0.15, 0.2) is 23.2 Å². The molecule has 3 aliphatic heterocycles. The van der Waals surface area contributed by atoms with Gasteiger partial charge in [0.15, 0.2) is 5.96 Å². The molecule has 0 aromatic heterocycles. The van der Waals surface area contributed by atoms with Crippen LogP contribution in [0.1, 0.15) is 50.2 Å². The van der Waals surface area contributed by atoms with Gasteiger partial charge in [0.05, 0.1) is 6.61 Å². The van der Waals surface area contributed by atoms with Crippen molar-refractivity contribution in [1.82, 2.24) is 15.5 Å². The quantitative estimate of drug-likeness (QED) is 0.372. The highest BCUT2D eigenvalue weighted by Gasteiger charge is 2.36. The molecule has 1 aromatic carbocycles. The van der Waals surface area contributed by atoms with Crippen LogP contribution >= 0.6 is 24.0 Å². The van der Waals surface area contributed by atoms with E-state index >= 15 is 0 Å². The van der Waals surface area contributed by atoms with Crippen molar-refractivity contribution in [3.05, 3.63) is 29.3 Å². The molecule has 6 heteroatoms. The largest absolute Gasteiger partial charge is 0.493 e. The first-order chi connectivity index (χ1) is 13.2. The standard InChI is InChI=1S/C22H34N4O.HI/c1-3-23-22(25-18-14-19-5-4-6-20(15-18)26(19)2)24-11-9-16-7-8-21-17(13-16)10-12-27-21;/h7-8,13,18-20H,3-6,9-12,14-15H2,1-2H3,(H2,23,24,25);1H. The minimum absolute atomic E-state index is 0. The molecule has 4 rings (SSSR count). The average molecular weight is 498 g/mol. The van der Waals surface area contributed by atoms with Gasteiger partial charge in [-0.1, -0.05) is 18.6 Å². The lowest BCUT2D eigenvalue weighted by atomic mass is 9.82. The van der Waals surface area contributed by atoms with E-state index in [1.54, 1.807) is 0 Å². The second kappa shape index (κ2) is 10.1. The Morgan fingerprint density at radius 3 is 2.79 bits per heavy atom. The SMILES string of the molecule is CCNC(=NCCc1ccc2c(c1)CCO2)NC1CC2CCCC(C1)N2C.I. The second-order valence-electron chi connectivity index (χ2n) is 8.27. The Bertz CT molecular complexity index is 667. The zero-order chi connectivity index (χ0) is 18.6. The lowest BCUT2D eigenvalue weighted by molar-refractivity contribution is 0.0526. The highest BCUT2D eigenvalue weighted by atomic mass is 127. The van der Waals surface area contributed by atoms with Crippen LogP contribution in [0.3, 0.4) is 0 Å². The van der Waals surface area contributed by atoms with Crippen LogP contribution < -0.4 is 15.4 Å². The van der Waals surface area contributed by atoms with Crippen LogP contribution in [-0.2, 0) is 12.8 Å². The molecule has 0 aliphatic carbocycles. The van der Waals surface area contributed by atoms with Gasteiger partial charge >= 0.3 is 0 Å². The number of benzene rings is 1. The fourth-order valence-corrected chi connectivity index (χ4v) is 4.94. The smallest absolute Gasteiger partial charge is 0.191 e. The summed E-state index contributed by atoms with van der Waals surface area (Å²) in [6.07, 6.45) is 8.58. The molecule has 2 atom stereocenters. The van der Waals surface area contributed by atoms with Crippen molar-refractivity contribution in [3.8, 4) is 5.75 Å². The summed E-state index contributed by atoms with van der Waals surface area (Å²) in [6, 6.07) is 8.61. The zero-order valence-corrected chi connectivity index (χ0v) is 19.6. The number of piperidine rings is 2. The summed E-state index contributed by atoms with van der Waals surface area (Å²) in [4.78, 5) is 7.47. The third-order valence-corrected chi connectivity index (χ3v) is 6.45. The number of halogens is 1. The van der Waals surface area contributed by atoms with Gasteiger partial charge in [0, 0.05) is 37.6 Å². The summed E-state index contributed by atoms with van der Waals surface area (Å²) in [5.41, 5.74) is 2.70. The van der Waals surface area contributed by atoms with E-state index in [4.69, 9.17) is 9.73 Å². The normalized spacial score (nSPS) is 26.8. The number of aliphatic imine (C=N–C) groups is 1. The van der Waals surface area contributed by atoms with Gasteiger partial charge in [-0.15, -0.1) is 24.0 Å². The molecule has 0 radical (unpaired) electrons. The van der Waals surface area contributed by atoms with Crippen molar-refractivity contribution in [1.29, 1.82) is 0 Å². The van der Waals surface area contributed by atoms with Crippen molar-refractivity contribution in [2.45, 2.75) is 70.0 Å². The Kier molecular flexibility index (Phi) is 7.85. The van der Waals surface area contributed by atoms with E-state index in [2.05, 4.69) is 47.7 Å². The highest BCUT2D eigenvalue weighted by molar-refractivity contribution is 14.0. The van der Waals surface area contributed by atoms with Crippen molar-refractivity contribution in [2.24, 2.45) is 4.99 Å². The van der Waals surface area contributed by atoms with E-state index in [1.807, 2.05) is 0 Å². The lowest BCUT2D eigenvalue weighted by Gasteiger charge is -2.47. The molecule has 1 aromatic rings. The van der Waals surface area contributed by atoms with Gasteiger partial charge in [0.2, 0.25) is 0 Å². The van der Waals surface area contributed by atoms with E-state index in [1.165, 1.54) is 43.2 Å². The fourth-order valence-electron chi connectivity index (χ4n) is 4.94. The van der Waals surface area contributed by atoms with Crippen molar-refractivity contribution in [2.75, 3.05) is 26.7 Å². The minimum Gasteiger partial charge on any atom is -0.493 e. The van der Waals surface area contributed by atoms with E-state index in [0.717, 1.165) is 56.3 Å². The molecule has 2 fully saturated rings. The Morgan fingerprint density at radius 1 is 1.25 bits per heavy atom. The summed E-state index contributed by atoms with van der Waals surface area (Å²) >= 11 is 0. The minimum atomic E-state index is 0. The van der Waals surface area contributed by atoms with Crippen molar-refractivity contribution >= 4 is 29.9 Å².